The zero-order chi connectivity index (χ0) is 16.6. The summed E-state index contributed by atoms with van der Waals surface area (Å²) in [6, 6.07) is 8.80. The lowest BCUT2D eigenvalue weighted by Gasteiger charge is -1.99. The predicted molar refractivity (Wildman–Crippen MR) is 81.2 cm³/mol. The van der Waals surface area contributed by atoms with E-state index in [9.17, 15) is 20.0 Å². The van der Waals surface area contributed by atoms with Crippen molar-refractivity contribution in [2.45, 2.75) is 0 Å². The predicted octanol–water partition coefficient (Wildman–Crippen LogP) is 2.63. The van der Waals surface area contributed by atoms with Crippen molar-refractivity contribution in [3.05, 3.63) is 52.1 Å². The number of imidazole rings is 1. The van der Waals surface area contributed by atoms with Crippen molar-refractivity contribution < 1.29 is 19.6 Å². The molecular formula is C15H11N3O5. The van der Waals surface area contributed by atoms with Crippen molar-refractivity contribution in [1.82, 2.24) is 9.97 Å². The number of benzene rings is 2. The number of methoxy groups -OCH3 is 1. The number of hydrogen-bond acceptors (Lipinski definition) is 6. The minimum absolute atomic E-state index is 0.367. The van der Waals surface area contributed by atoms with E-state index in [4.69, 9.17) is 0 Å². The van der Waals surface area contributed by atoms with Gasteiger partial charge in [-0.3, -0.25) is 10.1 Å². The highest BCUT2D eigenvalue weighted by Gasteiger charge is 2.16. The third kappa shape index (κ3) is 2.57. The van der Waals surface area contributed by atoms with Crippen molar-refractivity contribution in [2.75, 3.05) is 7.11 Å². The Morgan fingerprint density at radius 3 is 2.78 bits per heavy atom. The van der Waals surface area contributed by atoms with Gasteiger partial charge in [-0.1, -0.05) is 0 Å². The molecule has 0 spiro atoms. The Balaban J connectivity index is 2.09. The molecule has 0 aliphatic carbocycles. The first-order valence-corrected chi connectivity index (χ1v) is 6.55. The van der Waals surface area contributed by atoms with E-state index in [0.717, 1.165) is 0 Å². The van der Waals surface area contributed by atoms with E-state index in [2.05, 4.69) is 14.7 Å². The van der Waals surface area contributed by atoms with E-state index in [1.165, 1.54) is 25.3 Å². The standard InChI is InChI=1S/C15H11N3O5/c1-23-15(20)9-2-4-10-11(6-9)17-14(16-10)8-3-5-13(19)12(7-8)18(21)22/h2-7,19H,1H3,(H,16,17). The smallest absolute Gasteiger partial charge is 0.337 e. The molecule has 1 aromatic heterocycles. The normalized spacial score (nSPS) is 10.7. The monoisotopic (exact) mass is 313 g/mol. The average molecular weight is 313 g/mol. The second kappa shape index (κ2) is 5.41. The number of carbonyl (C=O) groups is 1. The Kier molecular flexibility index (Phi) is 3.41. The first-order chi connectivity index (χ1) is 11.0. The summed E-state index contributed by atoms with van der Waals surface area (Å²) in [6.45, 7) is 0. The summed E-state index contributed by atoms with van der Waals surface area (Å²) in [5, 5.41) is 20.4. The average Bonchev–Trinajstić information content (AvgIpc) is 2.97. The number of nitrogens with zero attached hydrogens (tertiary/aromatic N) is 2. The number of nitro groups is 1. The van der Waals surface area contributed by atoms with Crippen LogP contribution in [0.1, 0.15) is 10.4 Å². The molecule has 3 rings (SSSR count). The van der Waals surface area contributed by atoms with Crippen molar-refractivity contribution in [1.29, 1.82) is 0 Å². The SMILES string of the molecule is COC(=O)c1ccc2nc(-c3ccc(O)c([N+](=O)[O-])c3)[nH]c2c1. The molecule has 116 valence electrons. The van der Waals surface area contributed by atoms with Gasteiger partial charge in [0.15, 0.2) is 5.75 Å². The minimum Gasteiger partial charge on any atom is -0.502 e. The van der Waals surface area contributed by atoms with Crippen molar-refractivity contribution in [3.63, 3.8) is 0 Å². The summed E-state index contributed by atoms with van der Waals surface area (Å²) in [4.78, 5) is 29.1. The number of rotatable bonds is 3. The van der Waals surface area contributed by atoms with Crippen LogP contribution in [0.3, 0.4) is 0 Å². The van der Waals surface area contributed by atoms with Gasteiger partial charge in [-0.05, 0) is 30.3 Å². The summed E-state index contributed by atoms with van der Waals surface area (Å²) in [5.41, 5.74) is 1.61. The van der Waals surface area contributed by atoms with Gasteiger partial charge in [0, 0.05) is 11.6 Å². The molecule has 1 heterocycles. The van der Waals surface area contributed by atoms with Gasteiger partial charge in [-0.25, -0.2) is 9.78 Å². The fourth-order valence-electron chi connectivity index (χ4n) is 2.21. The molecule has 2 N–H and O–H groups in total. The van der Waals surface area contributed by atoms with Crippen LogP contribution in [0, 0.1) is 10.1 Å². The van der Waals surface area contributed by atoms with Gasteiger partial charge < -0.3 is 14.8 Å². The number of aromatic amines is 1. The van der Waals surface area contributed by atoms with Crippen LogP contribution in [0.25, 0.3) is 22.4 Å². The molecule has 0 saturated carbocycles. The van der Waals surface area contributed by atoms with Gasteiger partial charge in [0.2, 0.25) is 0 Å². The zero-order valence-electron chi connectivity index (χ0n) is 11.9. The summed E-state index contributed by atoms with van der Waals surface area (Å²) in [5.74, 6) is -0.490. The highest BCUT2D eigenvalue weighted by Crippen LogP contribution is 2.31. The van der Waals surface area contributed by atoms with Crippen LogP contribution < -0.4 is 0 Å². The van der Waals surface area contributed by atoms with Crippen LogP contribution in [0.4, 0.5) is 5.69 Å². The summed E-state index contributed by atoms with van der Waals surface area (Å²) < 4.78 is 4.66. The Labute approximate surface area is 129 Å². The highest BCUT2D eigenvalue weighted by atomic mass is 16.6. The first kappa shape index (κ1) is 14.5. The fourth-order valence-corrected chi connectivity index (χ4v) is 2.21. The zero-order valence-corrected chi connectivity index (χ0v) is 11.9. The summed E-state index contributed by atoms with van der Waals surface area (Å²) in [6.07, 6.45) is 0. The molecule has 0 saturated heterocycles. The summed E-state index contributed by atoms with van der Waals surface area (Å²) in [7, 11) is 1.29. The van der Waals surface area contributed by atoms with E-state index in [-0.39, 0.29) is 0 Å². The number of H-pyrrole nitrogens is 1. The molecule has 0 aliphatic rings. The first-order valence-electron chi connectivity index (χ1n) is 6.55. The van der Waals surface area contributed by atoms with Gasteiger partial charge in [-0.2, -0.15) is 0 Å². The maximum absolute atomic E-state index is 11.5. The number of fused-ring (bicyclic) bond motifs is 1. The third-order valence-corrected chi connectivity index (χ3v) is 3.35. The molecule has 8 heteroatoms. The maximum Gasteiger partial charge on any atom is 0.337 e. The van der Waals surface area contributed by atoms with Gasteiger partial charge in [-0.15, -0.1) is 0 Å². The van der Waals surface area contributed by atoms with Crippen molar-refractivity contribution in [2.24, 2.45) is 0 Å². The Morgan fingerprint density at radius 1 is 1.30 bits per heavy atom. The number of esters is 1. The Hall–Kier alpha value is -3.42. The van der Waals surface area contributed by atoms with E-state index in [1.807, 2.05) is 0 Å². The van der Waals surface area contributed by atoms with E-state index in [1.54, 1.807) is 18.2 Å². The van der Waals surface area contributed by atoms with Crippen LogP contribution in [0.2, 0.25) is 0 Å². The van der Waals surface area contributed by atoms with Gasteiger partial charge in [0.25, 0.3) is 0 Å². The number of phenols is 1. The van der Waals surface area contributed by atoms with Crippen LogP contribution in [0.5, 0.6) is 5.75 Å². The quantitative estimate of drug-likeness (QED) is 0.436. The molecule has 8 nitrogen and oxygen atoms in total. The molecule has 2 aromatic carbocycles. The number of aromatic nitrogens is 2. The van der Waals surface area contributed by atoms with Crippen molar-refractivity contribution >= 4 is 22.7 Å². The van der Waals surface area contributed by atoms with E-state index < -0.39 is 22.3 Å². The molecule has 23 heavy (non-hydrogen) atoms. The summed E-state index contributed by atoms with van der Waals surface area (Å²) >= 11 is 0. The molecule has 0 amide bonds. The Morgan fingerprint density at radius 2 is 2.09 bits per heavy atom. The largest absolute Gasteiger partial charge is 0.502 e. The van der Waals surface area contributed by atoms with E-state index in [0.29, 0.717) is 28.0 Å². The molecule has 0 bridgehead atoms. The molecule has 0 atom stereocenters. The van der Waals surface area contributed by atoms with Crippen molar-refractivity contribution in [3.8, 4) is 17.1 Å². The number of hydrogen-bond donors (Lipinski definition) is 2. The number of phenolic OH excluding ortho intramolecular Hbond substituents is 1. The topological polar surface area (TPSA) is 118 Å². The minimum atomic E-state index is -0.670. The maximum atomic E-state index is 11.5. The fraction of sp³-hybridized carbons (Fsp3) is 0.0667. The van der Waals surface area contributed by atoms with Gasteiger partial charge in [0.1, 0.15) is 5.82 Å². The van der Waals surface area contributed by atoms with Crippen LogP contribution in [-0.4, -0.2) is 33.1 Å². The molecule has 3 aromatic rings. The lowest BCUT2D eigenvalue weighted by molar-refractivity contribution is -0.385. The van der Waals surface area contributed by atoms with Crippen LogP contribution in [-0.2, 0) is 4.74 Å². The Bertz CT molecular complexity index is 932. The second-order valence-electron chi connectivity index (χ2n) is 4.77. The number of nitrogens with one attached hydrogen (secondary N) is 1. The lowest BCUT2D eigenvalue weighted by atomic mass is 10.2. The molecular weight excluding hydrogens is 302 g/mol. The molecule has 0 unspecified atom stereocenters. The highest BCUT2D eigenvalue weighted by molar-refractivity contribution is 5.94. The molecule has 0 fully saturated rings. The van der Waals surface area contributed by atoms with Gasteiger partial charge >= 0.3 is 11.7 Å². The molecule has 0 radical (unpaired) electrons. The number of nitro benzene ring substituents is 1. The number of ether oxygens (including phenoxy) is 1. The molecule has 0 aliphatic heterocycles. The lowest BCUT2D eigenvalue weighted by Crippen LogP contribution is -2.00. The van der Waals surface area contributed by atoms with Gasteiger partial charge in [0.05, 0.1) is 28.6 Å². The third-order valence-electron chi connectivity index (χ3n) is 3.35. The number of aromatic hydroxyl groups is 1. The van der Waals surface area contributed by atoms with Crippen LogP contribution in [0.15, 0.2) is 36.4 Å². The number of carbonyl (C=O) groups excluding carboxylic acids is 1. The van der Waals surface area contributed by atoms with E-state index >= 15 is 0 Å². The second-order valence-corrected chi connectivity index (χ2v) is 4.77. The van der Waals surface area contributed by atoms with Crippen LogP contribution >= 0.6 is 0 Å².